The Morgan fingerprint density at radius 1 is 1.58 bits per heavy atom. The van der Waals surface area contributed by atoms with Crippen molar-refractivity contribution in [2.75, 3.05) is 0 Å². The molecule has 2 N–H and O–H groups in total. The van der Waals surface area contributed by atoms with Crippen LogP contribution in [0.4, 0.5) is 4.39 Å². The van der Waals surface area contributed by atoms with Crippen LogP contribution in [0.15, 0.2) is 18.2 Å². The number of alkyl halides is 1. The summed E-state index contributed by atoms with van der Waals surface area (Å²) >= 11 is 5.78. The molecule has 12 heavy (non-hydrogen) atoms. The fourth-order valence-corrected chi connectivity index (χ4v) is 1.38. The molecule has 1 aromatic rings. The van der Waals surface area contributed by atoms with E-state index < -0.39 is 6.67 Å². The van der Waals surface area contributed by atoms with Gasteiger partial charge in [0, 0.05) is 16.6 Å². The van der Waals surface area contributed by atoms with Gasteiger partial charge in [-0.2, -0.15) is 0 Å². The van der Waals surface area contributed by atoms with Gasteiger partial charge < -0.3 is 5.73 Å². The second-order valence-corrected chi connectivity index (χ2v) is 3.14. The van der Waals surface area contributed by atoms with Crippen molar-refractivity contribution in [3.05, 3.63) is 34.3 Å². The monoisotopic (exact) mass is 187 g/mol. The largest absolute Gasteiger partial charge is 0.324 e. The van der Waals surface area contributed by atoms with E-state index in [0.717, 1.165) is 5.56 Å². The molecule has 0 aliphatic heterocycles. The molecule has 0 radical (unpaired) electrons. The first-order valence-corrected chi connectivity index (χ1v) is 4.13. The zero-order valence-corrected chi connectivity index (χ0v) is 7.61. The number of benzene rings is 1. The summed E-state index contributed by atoms with van der Waals surface area (Å²) in [5, 5.41) is 0.451. The van der Waals surface area contributed by atoms with Crippen molar-refractivity contribution in [3.63, 3.8) is 0 Å². The SMILES string of the molecule is CC(N)c1cccc(Cl)c1CF. The summed E-state index contributed by atoms with van der Waals surface area (Å²) in [5.74, 6) is 0. The molecule has 0 saturated heterocycles. The van der Waals surface area contributed by atoms with E-state index in [1.54, 1.807) is 18.2 Å². The van der Waals surface area contributed by atoms with Crippen molar-refractivity contribution >= 4 is 11.6 Å². The molecule has 0 amide bonds. The van der Waals surface area contributed by atoms with Crippen LogP contribution in [0.1, 0.15) is 24.1 Å². The lowest BCUT2D eigenvalue weighted by atomic mass is 10.0. The van der Waals surface area contributed by atoms with E-state index in [-0.39, 0.29) is 6.04 Å². The average molecular weight is 188 g/mol. The van der Waals surface area contributed by atoms with Gasteiger partial charge in [0.15, 0.2) is 0 Å². The van der Waals surface area contributed by atoms with Gasteiger partial charge in [-0.05, 0) is 18.6 Å². The maximum absolute atomic E-state index is 12.5. The van der Waals surface area contributed by atoms with E-state index in [1.807, 2.05) is 6.92 Å². The summed E-state index contributed by atoms with van der Waals surface area (Å²) in [7, 11) is 0. The lowest BCUT2D eigenvalue weighted by Crippen LogP contribution is -2.07. The molecular formula is C9H11ClFN. The maximum atomic E-state index is 12.5. The second kappa shape index (κ2) is 3.87. The number of nitrogens with two attached hydrogens (primary N) is 1. The highest BCUT2D eigenvalue weighted by Crippen LogP contribution is 2.24. The lowest BCUT2D eigenvalue weighted by molar-refractivity contribution is 0.480. The molecule has 1 aromatic carbocycles. The summed E-state index contributed by atoms with van der Waals surface area (Å²) in [6, 6.07) is 5.07. The molecule has 1 nitrogen and oxygen atoms in total. The van der Waals surface area contributed by atoms with Crippen LogP contribution in [0.2, 0.25) is 5.02 Å². The van der Waals surface area contributed by atoms with E-state index in [1.165, 1.54) is 0 Å². The molecule has 1 unspecified atom stereocenters. The minimum absolute atomic E-state index is 0.172. The molecular weight excluding hydrogens is 177 g/mol. The van der Waals surface area contributed by atoms with Crippen molar-refractivity contribution < 1.29 is 4.39 Å². The molecule has 0 fully saturated rings. The average Bonchev–Trinajstić information content (AvgIpc) is 2.03. The van der Waals surface area contributed by atoms with Crippen LogP contribution in [0.5, 0.6) is 0 Å². The van der Waals surface area contributed by atoms with Crippen LogP contribution in [0, 0.1) is 0 Å². The summed E-state index contributed by atoms with van der Waals surface area (Å²) in [6.07, 6.45) is 0. The molecule has 0 spiro atoms. The third kappa shape index (κ3) is 1.76. The normalized spacial score (nSPS) is 13.0. The van der Waals surface area contributed by atoms with E-state index in [0.29, 0.717) is 10.6 Å². The van der Waals surface area contributed by atoms with Gasteiger partial charge in [-0.15, -0.1) is 0 Å². The first-order valence-electron chi connectivity index (χ1n) is 3.75. The quantitative estimate of drug-likeness (QED) is 0.757. The Balaban J connectivity index is 3.18. The van der Waals surface area contributed by atoms with Gasteiger partial charge in [-0.3, -0.25) is 0 Å². The summed E-state index contributed by atoms with van der Waals surface area (Å²) in [6.45, 7) is 1.25. The predicted octanol–water partition coefficient (Wildman–Crippen LogP) is 2.83. The highest BCUT2D eigenvalue weighted by atomic mass is 35.5. The molecule has 0 aliphatic carbocycles. The molecule has 0 bridgehead atoms. The fourth-order valence-electron chi connectivity index (χ4n) is 1.14. The van der Waals surface area contributed by atoms with E-state index in [4.69, 9.17) is 17.3 Å². The Labute approximate surface area is 76.3 Å². The molecule has 3 heteroatoms. The smallest absolute Gasteiger partial charge is 0.116 e. The van der Waals surface area contributed by atoms with Gasteiger partial charge >= 0.3 is 0 Å². The minimum Gasteiger partial charge on any atom is -0.324 e. The molecule has 1 atom stereocenters. The van der Waals surface area contributed by atoms with Crippen molar-refractivity contribution in [2.45, 2.75) is 19.6 Å². The molecule has 0 aliphatic rings. The van der Waals surface area contributed by atoms with E-state index in [9.17, 15) is 4.39 Å². The van der Waals surface area contributed by atoms with Crippen molar-refractivity contribution in [2.24, 2.45) is 5.73 Å². The summed E-state index contributed by atoms with van der Waals surface area (Å²) in [5.41, 5.74) is 6.92. The van der Waals surface area contributed by atoms with Crippen molar-refractivity contribution in [1.29, 1.82) is 0 Å². The lowest BCUT2D eigenvalue weighted by Gasteiger charge is -2.10. The molecule has 0 heterocycles. The first kappa shape index (κ1) is 9.49. The highest BCUT2D eigenvalue weighted by Gasteiger charge is 2.09. The Hall–Kier alpha value is -0.600. The molecule has 0 aromatic heterocycles. The van der Waals surface area contributed by atoms with E-state index >= 15 is 0 Å². The van der Waals surface area contributed by atoms with Crippen molar-refractivity contribution in [1.82, 2.24) is 0 Å². The van der Waals surface area contributed by atoms with Gasteiger partial charge in [-0.25, -0.2) is 4.39 Å². The molecule has 66 valence electrons. The van der Waals surface area contributed by atoms with Crippen LogP contribution < -0.4 is 5.73 Å². The fraction of sp³-hybridized carbons (Fsp3) is 0.333. The van der Waals surface area contributed by atoms with Crippen LogP contribution in [-0.2, 0) is 6.67 Å². The van der Waals surface area contributed by atoms with Gasteiger partial charge in [0.05, 0.1) is 0 Å². The zero-order valence-electron chi connectivity index (χ0n) is 6.85. The van der Waals surface area contributed by atoms with E-state index in [2.05, 4.69) is 0 Å². The Morgan fingerprint density at radius 3 is 2.67 bits per heavy atom. The standard InChI is InChI=1S/C9H11ClFN/c1-6(12)7-3-2-4-9(10)8(7)5-11/h2-4,6H,5,12H2,1H3. The molecule has 1 rings (SSSR count). The van der Waals surface area contributed by atoms with Crippen LogP contribution >= 0.6 is 11.6 Å². The highest BCUT2D eigenvalue weighted by molar-refractivity contribution is 6.31. The maximum Gasteiger partial charge on any atom is 0.116 e. The number of hydrogen-bond donors (Lipinski definition) is 1. The summed E-state index contributed by atoms with van der Waals surface area (Å²) < 4.78 is 12.5. The second-order valence-electron chi connectivity index (χ2n) is 2.73. The Bertz CT molecular complexity index is 273. The number of hydrogen-bond acceptors (Lipinski definition) is 1. The topological polar surface area (TPSA) is 26.0 Å². The predicted molar refractivity (Wildman–Crippen MR) is 48.9 cm³/mol. The van der Waals surface area contributed by atoms with Gasteiger partial charge in [0.2, 0.25) is 0 Å². The zero-order chi connectivity index (χ0) is 9.14. The number of rotatable bonds is 2. The minimum atomic E-state index is -0.559. The van der Waals surface area contributed by atoms with Crippen LogP contribution in [-0.4, -0.2) is 0 Å². The Kier molecular flexibility index (Phi) is 3.06. The van der Waals surface area contributed by atoms with Crippen LogP contribution in [0.3, 0.4) is 0 Å². The Morgan fingerprint density at radius 2 is 2.25 bits per heavy atom. The van der Waals surface area contributed by atoms with Crippen molar-refractivity contribution in [3.8, 4) is 0 Å². The number of halogens is 2. The van der Waals surface area contributed by atoms with Crippen LogP contribution in [0.25, 0.3) is 0 Å². The third-order valence-electron chi connectivity index (χ3n) is 1.78. The third-order valence-corrected chi connectivity index (χ3v) is 2.13. The summed E-state index contributed by atoms with van der Waals surface area (Å²) in [4.78, 5) is 0. The van der Waals surface area contributed by atoms with Gasteiger partial charge in [0.25, 0.3) is 0 Å². The van der Waals surface area contributed by atoms with Gasteiger partial charge in [0.1, 0.15) is 6.67 Å². The molecule has 0 saturated carbocycles. The van der Waals surface area contributed by atoms with Gasteiger partial charge in [-0.1, -0.05) is 23.7 Å². The first-order chi connectivity index (χ1) is 5.66.